The number of carbonyl (C=O) groups is 2. The number of carbonyl (C=O) groups excluding carboxylic acids is 2. The Bertz CT molecular complexity index is 1220. The molecule has 1 fully saturated rings. The van der Waals surface area contributed by atoms with Crippen LogP contribution in [0.5, 0.6) is 11.5 Å². The molecule has 1 saturated heterocycles. The maximum atomic E-state index is 13.2. The Hall–Kier alpha value is -3.77. The third-order valence-electron chi connectivity index (χ3n) is 5.58. The van der Waals surface area contributed by atoms with Crippen LogP contribution >= 0.6 is 11.6 Å². The van der Waals surface area contributed by atoms with Crippen LogP contribution in [0.3, 0.4) is 0 Å². The van der Waals surface area contributed by atoms with Crippen LogP contribution < -0.4 is 9.47 Å². The average molecular weight is 464 g/mol. The Morgan fingerprint density at radius 3 is 2.24 bits per heavy atom. The Kier molecular flexibility index (Phi) is 6.38. The largest absolute Gasteiger partial charge is 0.507 e. The second kappa shape index (κ2) is 9.38. The number of halogens is 1. The lowest BCUT2D eigenvalue weighted by Gasteiger charge is -2.26. The summed E-state index contributed by atoms with van der Waals surface area (Å²) in [6.45, 7) is 0.196. The molecule has 1 aliphatic rings. The summed E-state index contributed by atoms with van der Waals surface area (Å²) >= 11 is 5.98. The van der Waals surface area contributed by atoms with Crippen LogP contribution in [0.4, 0.5) is 0 Å². The minimum atomic E-state index is -0.819. The summed E-state index contributed by atoms with van der Waals surface area (Å²) in [4.78, 5) is 27.7. The number of nitrogens with zero attached hydrogens (tertiary/aromatic N) is 1. The van der Waals surface area contributed by atoms with Crippen LogP contribution in [-0.4, -0.2) is 35.9 Å². The molecule has 1 heterocycles. The number of amides is 1. The van der Waals surface area contributed by atoms with Crippen LogP contribution in [0, 0.1) is 0 Å². The molecule has 0 radical (unpaired) electrons. The SMILES string of the molecule is COc1ccc([C@H]2/C(=C(\O)c3ccc(Cl)cc3)C(=O)C(=O)N2Cc2ccccc2)cc1OC. The van der Waals surface area contributed by atoms with E-state index in [1.54, 1.807) is 42.5 Å². The highest BCUT2D eigenvalue weighted by atomic mass is 35.5. The highest BCUT2D eigenvalue weighted by Crippen LogP contribution is 2.42. The van der Waals surface area contributed by atoms with Crippen molar-refractivity contribution in [2.24, 2.45) is 0 Å². The van der Waals surface area contributed by atoms with E-state index in [0.29, 0.717) is 27.6 Å². The summed E-state index contributed by atoms with van der Waals surface area (Å²) in [6, 6.07) is 20.2. The number of hydrogen-bond acceptors (Lipinski definition) is 5. The van der Waals surface area contributed by atoms with Gasteiger partial charge in [0.1, 0.15) is 5.76 Å². The van der Waals surface area contributed by atoms with Crippen LogP contribution in [0.2, 0.25) is 5.02 Å². The maximum absolute atomic E-state index is 13.2. The summed E-state index contributed by atoms with van der Waals surface area (Å²) in [7, 11) is 3.04. The van der Waals surface area contributed by atoms with Crippen LogP contribution in [-0.2, 0) is 16.1 Å². The lowest BCUT2D eigenvalue weighted by Crippen LogP contribution is -2.29. The van der Waals surface area contributed by atoms with E-state index >= 15 is 0 Å². The number of aliphatic hydroxyl groups is 1. The first-order chi connectivity index (χ1) is 15.9. The molecule has 6 nitrogen and oxygen atoms in total. The van der Waals surface area contributed by atoms with Gasteiger partial charge in [0.2, 0.25) is 0 Å². The molecular weight excluding hydrogens is 442 g/mol. The fourth-order valence-electron chi connectivity index (χ4n) is 3.96. The third-order valence-corrected chi connectivity index (χ3v) is 5.83. The normalized spacial score (nSPS) is 17.3. The summed E-state index contributed by atoms with van der Waals surface area (Å²) in [5.41, 5.74) is 1.86. The first-order valence-corrected chi connectivity index (χ1v) is 10.6. The van der Waals surface area contributed by atoms with Gasteiger partial charge in [0, 0.05) is 17.1 Å². The van der Waals surface area contributed by atoms with Crippen molar-refractivity contribution in [3.8, 4) is 11.5 Å². The van der Waals surface area contributed by atoms with Crippen LogP contribution in [0.1, 0.15) is 22.7 Å². The van der Waals surface area contributed by atoms with Crippen molar-refractivity contribution in [3.05, 3.63) is 100 Å². The molecule has 0 aliphatic carbocycles. The number of aliphatic hydroxyl groups excluding tert-OH is 1. The zero-order valence-electron chi connectivity index (χ0n) is 18.1. The Balaban J connectivity index is 1.89. The van der Waals surface area contributed by atoms with Gasteiger partial charge in [0.25, 0.3) is 11.7 Å². The highest BCUT2D eigenvalue weighted by Gasteiger charge is 2.46. The number of rotatable bonds is 6. The van der Waals surface area contributed by atoms with E-state index in [2.05, 4.69) is 0 Å². The maximum Gasteiger partial charge on any atom is 0.295 e. The molecule has 0 spiro atoms. The molecule has 4 rings (SSSR count). The average Bonchev–Trinajstić information content (AvgIpc) is 3.09. The number of Topliss-reactive ketones (excluding diaryl/α,β-unsaturated/α-hetero) is 1. The molecule has 3 aromatic rings. The van der Waals surface area contributed by atoms with Gasteiger partial charge in [-0.05, 0) is 47.5 Å². The Morgan fingerprint density at radius 2 is 1.61 bits per heavy atom. The molecule has 3 aromatic carbocycles. The van der Waals surface area contributed by atoms with Crippen molar-refractivity contribution < 1.29 is 24.2 Å². The lowest BCUT2D eigenvalue weighted by molar-refractivity contribution is -0.140. The fraction of sp³-hybridized carbons (Fsp3) is 0.154. The molecule has 1 atom stereocenters. The molecule has 0 aromatic heterocycles. The zero-order chi connectivity index (χ0) is 23.5. The van der Waals surface area contributed by atoms with E-state index in [9.17, 15) is 14.7 Å². The predicted octanol–water partition coefficient (Wildman–Crippen LogP) is 4.98. The minimum Gasteiger partial charge on any atom is -0.507 e. The van der Waals surface area contributed by atoms with Gasteiger partial charge in [0.15, 0.2) is 11.5 Å². The fourth-order valence-corrected chi connectivity index (χ4v) is 4.08. The van der Waals surface area contributed by atoms with Gasteiger partial charge in [-0.25, -0.2) is 0 Å². The van der Waals surface area contributed by atoms with E-state index in [-0.39, 0.29) is 17.9 Å². The van der Waals surface area contributed by atoms with Gasteiger partial charge < -0.3 is 19.5 Å². The van der Waals surface area contributed by atoms with Gasteiger partial charge in [-0.15, -0.1) is 0 Å². The first-order valence-electron chi connectivity index (χ1n) is 10.2. The minimum absolute atomic E-state index is 0.00507. The smallest absolute Gasteiger partial charge is 0.295 e. The number of ether oxygens (including phenoxy) is 2. The van der Waals surface area contributed by atoms with E-state index in [1.807, 2.05) is 30.3 Å². The van der Waals surface area contributed by atoms with Crippen molar-refractivity contribution in [2.45, 2.75) is 12.6 Å². The zero-order valence-corrected chi connectivity index (χ0v) is 18.9. The Labute approximate surface area is 196 Å². The second-order valence-electron chi connectivity index (χ2n) is 7.53. The molecule has 7 heteroatoms. The van der Waals surface area contributed by atoms with Crippen LogP contribution in [0.15, 0.2) is 78.4 Å². The number of hydrogen-bond donors (Lipinski definition) is 1. The van der Waals surface area contributed by atoms with Crippen molar-refractivity contribution in [1.82, 2.24) is 4.90 Å². The number of methoxy groups -OCH3 is 2. The number of benzene rings is 3. The summed E-state index contributed by atoms with van der Waals surface area (Å²) in [5, 5.41) is 11.6. The molecule has 33 heavy (non-hydrogen) atoms. The summed E-state index contributed by atoms with van der Waals surface area (Å²) in [5.74, 6) is -0.738. The summed E-state index contributed by atoms with van der Waals surface area (Å²) in [6.07, 6.45) is 0. The molecule has 0 saturated carbocycles. The molecule has 1 amide bonds. The van der Waals surface area contributed by atoms with Crippen molar-refractivity contribution in [1.29, 1.82) is 0 Å². The molecular formula is C26H22ClNO5. The van der Waals surface area contributed by atoms with Crippen molar-refractivity contribution in [3.63, 3.8) is 0 Å². The third kappa shape index (κ3) is 4.30. The highest BCUT2D eigenvalue weighted by molar-refractivity contribution is 6.46. The van der Waals surface area contributed by atoms with E-state index in [4.69, 9.17) is 21.1 Å². The van der Waals surface area contributed by atoms with Gasteiger partial charge in [-0.2, -0.15) is 0 Å². The lowest BCUT2D eigenvalue weighted by atomic mass is 9.95. The molecule has 1 aliphatic heterocycles. The second-order valence-corrected chi connectivity index (χ2v) is 7.97. The van der Waals surface area contributed by atoms with E-state index in [0.717, 1.165) is 5.56 Å². The number of ketones is 1. The van der Waals surface area contributed by atoms with Crippen molar-refractivity contribution in [2.75, 3.05) is 14.2 Å². The molecule has 0 unspecified atom stereocenters. The molecule has 1 N–H and O–H groups in total. The van der Waals surface area contributed by atoms with Gasteiger partial charge in [-0.3, -0.25) is 9.59 Å². The summed E-state index contributed by atoms with van der Waals surface area (Å²) < 4.78 is 10.8. The van der Waals surface area contributed by atoms with E-state index in [1.165, 1.54) is 19.1 Å². The Morgan fingerprint density at radius 1 is 0.939 bits per heavy atom. The van der Waals surface area contributed by atoms with Gasteiger partial charge >= 0.3 is 0 Å². The van der Waals surface area contributed by atoms with Crippen LogP contribution in [0.25, 0.3) is 5.76 Å². The molecule has 168 valence electrons. The number of likely N-dealkylation sites (tertiary alicyclic amines) is 1. The standard InChI is InChI=1S/C26H22ClNO5/c1-32-20-13-10-18(14-21(20)33-2)23-22(24(29)17-8-11-19(27)12-9-17)25(30)26(31)28(23)15-16-6-4-3-5-7-16/h3-14,23,29H,15H2,1-2H3/b24-22+/t23-/m0/s1. The topological polar surface area (TPSA) is 76.1 Å². The van der Waals surface area contributed by atoms with E-state index < -0.39 is 17.7 Å². The van der Waals surface area contributed by atoms with Crippen molar-refractivity contribution >= 4 is 29.1 Å². The first kappa shape index (κ1) is 22.4. The quantitative estimate of drug-likeness (QED) is 0.317. The molecule has 0 bridgehead atoms. The predicted molar refractivity (Wildman–Crippen MR) is 125 cm³/mol. The monoisotopic (exact) mass is 463 g/mol. The van der Waals surface area contributed by atoms with Gasteiger partial charge in [-0.1, -0.05) is 48.0 Å². The van der Waals surface area contributed by atoms with Gasteiger partial charge in [0.05, 0.1) is 25.8 Å².